The molecule has 2 aromatic carbocycles. The van der Waals surface area contributed by atoms with Crippen molar-refractivity contribution in [3.8, 4) is 11.5 Å². The van der Waals surface area contributed by atoms with Gasteiger partial charge in [0, 0.05) is 28.9 Å². The van der Waals surface area contributed by atoms with Crippen molar-refractivity contribution >= 4 is 34.3 Å². The van der Waals surface area contributed by atoms with Gasteiger partial charge in [0.1, 0.15) is 18.9 Å². The minimum atomic E-state index is -0.634. The Bertz CT molecular complexity index is 1170. The fraction of sp³-hybridized carbons (Fsp3) is 0.150. The van der Waals surface area contributed by atoms with Gasteiger partial charge >= 0.3 is 12.0 Å². The number of esters is 1. The Labute approximate surface area is 164 Å². The predicted octanol–water partition coefficient (Wildman–Crippen LogP) is 2.73. The van der Waals surface area contributed by atoms with Crippen molar-refractivity contribution in [3.05, 3.63) is 58.4 Å². The fourth-order valence-electron chi connectivity index (χ4n) is 2.96. The summed E-state index contributed by atoms with van der Waals surface area (Å²) in [5.74, 6) is 0.556. The lowest BCUT2D eigenvalue weighted by Gasteiger charge is -2.19. The number of carbonyl (C=O) groups is 2. The van der Waals surface area contributed by atoms with Gasteiger partial charge in [0.25, 0.3) is 0 Å². The largest absolute Gasteiger partial charge is 0.486 e. The molecule has 2 amide bonds. The Morgan fingerprint density at radius 3 is 2.41 bits per heavy atom. The number of aromatic nitrogens is 1. The van der Waals surface area contributed by atoms with Crippen molar-refractivity contribution in [2.75, 3.05) is 31.0 Å². The standard InChI is InChI=1S/C20H17N3O6/c1-27-19(25)15-10-16(24)13-8-11(2-4-14(13)23-15)21-20(26)22-12-3-5-17-18(9-12)29-7-6-28-17/h2-5,8-10H,6-7H2,1H3,(H,23,24)(H2,21,22,26). The SMILES string of the molecule is COC(=O)c1cc(=O)c2cc(NC(=O)Nc3ccc4c(c3)OCCO4)ccc2[nH]1. The highest BCUT2D eigenvalue weighted by Crippen LogP contribution is 2.32. The van der Waals surface area contributed by atoms with Gasteiger partial charge < -0.3 is 29.8 Å². The highest BCUT2D eigenvalue weighted by Gasteiger charge is 2.14. The van der Waals surface area contributed by atoms with E-state index in [1.54, 1.807) is 30.3 Å². The molecule has 4 rings (SSSR count). The first-order valence-electron chi connectivity index (χ1n) is 8.76. The summed E-state index contributed by atoms with van der Waals surface area (Å²) >= 11 is 0. The second-order valence-electron chi connectivity index (χ2n) is 6.24. The molecule has 0 saturated heterocycles. The smallest absolute Gasteiger partial charge is 0.354 e. The number of methoxy groups -OCH3 is 1. The number of pyridine rings is 1. The first-order chi connectivity index (χ1) is 14.0. The van der Waals surface area contributed by atoms with Crippen molar-refractivity contribution in [2.24, 2.45) is 0 Å². The van der Waals surface area contributed by atoms with Crippen LogP contribution in [0, 0.1) is 0 Å². The summed E-state index contributed by atoms with van der Waals surface area (Å²) in [4.78, 5) is 39.1. The van der Waals surface area contributed by atoms with Crippen molar-refractivity contribution < 1.29 is 23.8 Å². The van der Waals surface area contributed by atoms with Crippen molar-refractivity contribution in [3.63, 3.8) is 0 Å². The number of hydrogen-bond acceptors (Lipinski definition) is 6. The van der Waals surface area contributed by atoms with E-state index in [-0.39, 0.29) is 11.1 Å². The average molecular weight is 395 g/mol. The minimum Gasteiger partial charge on any atom is -0.486 e. The monoisotopic (exact) mass is 395 g/mol. The molecule has 9 heteroatoms. The molecule has 0 bridgehead atoms. The minimum absolute atomic E-state index is 0.0575. The van der Waals surface area contributed by atoms with E-state index in [1.807, 2.05) is 0 Å². The van der Waals surface area contributed by atoms with E-state index in [2.05, 4.69) is 20.4 Å². The van der Waals surface area contributed by atoms with Crippen LogP contribution in [0.15, 0.2) is 47.3 Å². The van der Waals surface area contributed by atoms with Crippen molar-refractivity contribution in [2.45, 2.75) is 0 Å². The molecule has 3 N–H and O–H groups in total. The summed E-state index contributed by atoms with van der Waals surface area (Å²) < 4.78 is 15.6. The molecule has 0 atom stereocenters. The number of anilines is 2. The number of amides is 2. The summed E-state index contributed by atoms with van der Waals surface area (Å²) in [6.45, 7) is 0.939. The molecule has 1 aromatic heterocycles. The molecule has 0 fully saturated rings. The van der Waals surface area contributed by atoms with E-state index in [0.717, 1.165) is 6.07 Å². The maximum atomic E-state index is 12.3. The molecule has 3 aromatic rings. The third kappa shape index (κ3) is 3.84. The summed E-state index contributed by atoms with van der Waals surface area (Å²) in [6.07, 6.45) is 0. The van der Waals surface area contributed by atoms with Gasteiger partial charge in [0.15, 0.2) is 16.9 Å². The van der Waals surface area contributed by atoms with Gasteiger partial charge in [-0.05, 0) is 30.3 Å². The normalized spacial score (nSPS) is 12.3. The topological polar surface area (TPSA) is 119 Å². The van der Waals surface area contributed by atoms with Gasteiger partial charge in [0.2, 0.25) is 0 Å². The number of rotatable bonds is 3. The van der Waals surface area contributed by atoms with E-state index in [9.17, 15) is 14.4 Å². The Kier molecular flexibility index (Phi) is 4.78. The molecule has 0 spiro atoms. The lowest BCUT2D eigenvalue weighted by atomic mass is 10.1. The third-order valence-electron chi connectivity index (χ3n) is 4.29. The highest BCUT2D eigenvalue weighted by atomic mass is 16.6. The van der Waals surface area contributed by atoms with E-state index in [0.29, 0.717) is 47.0 Å². The number of ether oxygens (including phenoxy) is 3. The van der Waals surface area contributed by atoms with E-state index in [4.69, 9.17) is 9.47 Å². The molecule has 2 heterocycles. The molecule has 9 nitrogen and oxygen atoms in total. The molecule has 29 heavy (non-hydrogen) atoms. The second-order valence-corrected chi connectivity index (χ2v) is 6.24. The first-order valence-corrected chi connectivity index (χ1v) is 8.76. The second kappa shape index (κ2) is 7.55. The summed E-state index contributed by atoms with van der Waals surface area (Å²) in [5, 5.41) is 5.70. The summed E-state index contributed by atoms with van der Waals surface area (Å²) in [6, 6.07) is 10.5. The summed E-state index contributed by atoms with van der Waals surface area (Å²) in [5.41, 5.74) is 1.10. The number of H-pyrrole nitrogens is 1. The van der Waals surface area contributed by atoms with Crippen LogP contribution in [0.5, 0.6) is 11.5 Å². The molecule has 148 valence electrons. The summed E-state index contributed by atoms with van der Waals surface area (Å²) in [7, 11) is 1.23. The van der Waals surface area contributed by atoms with Crippen LogP contribution in [0.2, 0.25) is 0 Å². The molecule has 0 radical (unpaired) electrons. The maximum Gasteiger partial charge on any atom is 0.354 e. The van der Waals surface area contributed by atoms with Crippen LogP contribution in [0.4, 0.5) is 16.2 Å². The van der Waals surface area contributed by atoms with Gasteiger partial charge in [-0.25, -0.2) is 9.59 Å². The van der Waals surface area contributed by atoms with Crippen LogP contribution in [-0.4, -0.2) is 37.3 Å². The number of aromatic amines is 1. The van der Waals surface area contributed by atoms with Gasteiger partial charge in [-0.15, -0.1) is 0 Å². The van der Waals surface area contributed by atoms with Gasteiger partial charge in [-0.1, -0.05) is 0 Å². The molecular weight excluding hydrogens is 378 g/mol. The number of urea groups is 1. The number of nitrogens with one attached hydrogen (secondary N) is 3. The molecule has 0 unspecified atom stereocenters. The van der Waals surface area contributed by atoms with Crippen molar-refractivity contribution in [1.29, 1.82) is 0 Å². The van der Waals surface area contributed by atoms with Crippen LogP contribution in [0.3, 0.4) is 0 Å². The first kappa shape index (κ1) is 18.4. The number of fused-ring (bicyclic) bond motifs is 2. The maximum absolute atomic E-state index is 12.3. The Hall–Kier alpha value is -4.01. The van der Waals surface area contributed by atoms with E-state index < -0.39 is 12.0 Å². The van der Waals surface area contributed by atoms with Crippen LogP contribution in [0.25, 0.3) is 10.9 Å². The third-order valence-corrected chi connectivity index (χ3v) is 4.29. The van der Waals surface area contributed by atoms with Crippen LogP contribution < -0.4 is 25.5 Å². The predicted molar refractivity (Wildman–Crippen MR) is 106 cm³/mol. The lowest BCUT2D eigenvalue weighted by Crippen LogP contribution is -2.20. The van der Waals surface area contributed by atoms with Crippen LogP contribution >= 0.6 is 0 Å². The quantitative estimate of drug-likeness (QED) is 0.587. The zero-order valence-corrected chi connectivity index (χ0v) is 15.4. The van der Waals surface area contributed by atoms with Crippen molar-refractivity contribution in [1.82, 2.24) is 4.98 Å². The number of hydrogen-bond donors (Lipinski definition) is 3. The van der Waals surface area contributed by atoms with E-state index >= 15 is 0 Å². The lowest BCUT2D eigenvalue weighted by molar-refractivity contribution is 0.0594. The van der Waals surface area contributed by atoms with Gasteiger partial charge in [-0.2, -0.15) is 0 Å². The molecule has 0 saturated carbocycles. The molecule has 1 aliphatic rings. The molecular formula is C20H17N3O6. The molecule has 1 aliphatic heterocycles. The average Bonchev–Trinajstić information content (AvgIpc) is 2.73. The van der Waals surface area contributed by atoms with Gasteiger partial charge in [-0.3, -0.25) is 4.79 Å². The highest BCUT2D eigenvalue weighted by molar-refractivity contribution is 6.01. The number of carbonyl (C=O) groups excluding carboxylic acids is 2. The Morgan fingerprint density at radius 2 is 1.66 bits per heavy atom. The van der Waals surface area contributed by atoms with Crippen LogP contribution in [-0.2, 0) is 4.74 Å². The zero-order chi connectivity index (χ0) is 20.4. The molecule has 0 aliphatic carbocycles. The Balaban J connectivity index is 1.51. The van der Waals surface area contributed by atoms with E-state index in [1.165, 1.54) is 13.2 Å². The fourth-order valence-corrected chi connectivity index (χ4v) is 2.96. The zero-order valence-electron chi connectivity index (χ0n) is 15.4. The van der Waals surface area contributed by atoms with Gasteiger partial charge in [0.05, 0.1) is 12.6 Å². The van der Waals surface area contributed by atoms with Crippen LogP contribution in [0.1, 0.15) is 10.5 Å². The Morgan fingerprint density at radius 1 is 0.966 bits per heavy atom. The number of benzene rings is 2.